The van der Waals surface area contributed by atoms with Crippen molar-refractivity contribution in [2.45, 2.75) is 26.1 Å². The van der Waals surface area contributed by atoms with E-state index in [1.54, 1.807) is 13.8 Å². The number of carbonyl (C=O) groups excluding carboxylic acids is 2. The maximum Gasteiger partial charge on any atom is 0.573 e. The fraction of sp³-hybridized carbons (Fsp3) is 0.238. The SMILES string of the molecule is COC(=O)C(C)c1c(C)n(C(=O)c2ccc(OC(F)(F)F)cc2)c2ccc(O)cc12. The standard InChI is InChI=1S/C21H18F3NO5/c1-11(20(28)29-3)18-12(2)25(17-9-6-14(26)10-16(17)18)19(27)13-4-7-15(8-5-13)30-21(22,23)24/h4-11,26H,1-3H3. The van der Waals surface area contributed by atoms with Crippen LogP contribution in [0.25, 0.3) is 10.9 Å². The molecule has 2 aromatic carbocycles. The predicted octanol–water partition coefficient (Wildman–Crippen LogP) is 4.52. The summed E-state index contributed by atoms with van der Waals surface area (Å²) < 4.78 is 47.0. The molecule has 0 spiro atoms. The zero-order chi connectivity index (χ0) is 22.2. The first kappa shape index (κ1) is 21.2. The number of aromatic hydroxyl groups is 1. The minimum atomic E-state index is -4.83. The molecule has 1 unspecified atom stereocenters. The maximum absolute atomic E-state index is 13.2. The Bertz CT molecular complexity index is 1120. The number of phenols is 1. The van der Waals surface area contributed by atoms with Gasteiger partial charge in [0, 0.05) is 16.6 Å². The quantitative estimate of drug-likeness (QED) is 0.627. The maximum atomic E-state index is 13.2. The predicted molar refractivity (Wildman–Crippen MR) is 102 cm³/mol. The number of nitrogens with zero attached hydrogens (tertiary/aromatic N) is 1. The number of hydrogen-bond donors (Lipinski definition) is 1. The van der Waals surface area contributed by atoms with Crippen LogP contribution < -0.4 is 4.74 Å². The lowest BCUT2D eigenvalue weighted by Gasteiger charge is -2.12. The molecule has 0 aliphatic heterocycles. The van der Waals surface area contributed by atoms with Gasteiger partial charge in [-0.05, 0) is 61.9 Å². The highest BCUT2D eigenvalue weighted by molar-refractivity contribution is 6.05. The number of hydrogen-bond acceptors (Lipinski definition) is 5. The van der Waals surface area contributed by atoms with Gasteiger partial charge in [0.25, 0.3) is 5.91 Å². The summed E-state index contributed by atoms with van der Waals surface area (Å²) in [6, 6.07) is 8.91. The highest BCUT2D eigenvalue weighted by Crippen LogP contribution is 2.35. The summed E-state index contributed by atoms with van der Waals surface area (Å²) in [7, 11) is 1.25. The average Bonchev–Trinajstić information content (AvgIpc) is 2.96. The van der Waals surface area contributed by atoms with E-state index in [-0.39, 0.29) is 11.3 Å². The van der Waals surface area contributed by atoms with Crippen LogP contribution in [0.3, 0.4) is 0 Å². The second-order valence-electron chi connectivity index (χ2n) is 6.66. The van der Waals surface area contributed by atoms with Gasteiger partial charge < -0.3 is 14.6 Å². The minimum absolute atomic E-state index is 0.0425. The number of benzene rings is 2. The van der Waals surface area contributed by atoms with Crippen LogP contribution in [0.5, 0.6) is 11.5 Å². The second-order valence-corrected chi connectivity index (χ2v) is 6.66. The third-order valence-corrected chi connectivity index (χ3v) is 4.76. The summed E-state index contributed by atoms with van der Waals surface area (Å²) >= 11 is 0. The van der Waals surface area contributed by atoms with Crippen molar-refractivity contribution in [2.24, 2.45) is 0 Å². The molecule has 3 rings (SSSR count). The molecule has 9 heteroatoms. The van der Waals surface area contributed by atoms with Crippen LogP contribution in [-0.2, 0) is 9.53 Å². The summed E-state index contributed by atoms with van der Waals surface area (Å²) in [5.74, 6) is -2.22. The molecule has 0 radical (unpaired) electrons. The fourth-order valence-electron chi connectivity index (χ4n) is 3.46. The lowest BCUT2D eigenvalue weighted by molar-refractivity contribution is -0.274. The highest BCUT2D eigenvalue weighted by atomic mass is 19.4. The van der Waals surface area contributed by atoms with Gasteiger partial charge in [0.05, 0.1) is 18.5 Å². The Kier molecular flexibility index (Phi) is 5.47. The molecule has 0 bridgehead atoms. The lowest BCUT2D eigenvalue weighted by atomic mass is 9.98. The van der Waals surface area contributed by atoms with E-state index in [1.165, 1.54) is 42.0 Å². The number of fused-ring (bicyclic) bond motifs is 1. The van der Waals surface area contributed by atoms with E-state index >= 15 is 0 Å². The Labute approximate surface area is 169 Å². The van der Waals surface area contributed by atoms with E-state index in [9.17, 15) is 27.9 Å². The molecule has 30 heavy (non-hydrogen) atoms. The Hall–Kier alpha value is -3.49. The second kappa shape index (κ2) is 7.74. The third kappa shape index (κ3) is 3.96. The average molecular weight is 421 g/mol. The largest absolute Gasteiger partial charge is 0.573 e. The molecule has 0 amide bonds. The van der Waals surface area contributed by atoms with E-state index in [4.69, 9.17) is 4.74 Å². The van der Waals surface area contributed by atoms with Crippen LogP contribution >= 0.6 is 0 Å². The van der Waals surface area contributed by atoms with Crippen molar-refractivity contribution < 1.29 is 37.3 Å². The first-order valence-corrected chi connectivity index (χ1v) is 8.85. The van der Waals surface area contributed by atoms with Crippen molar-refractivity contribution in [2.75, 3.05) is 7.11 Å². The molecule has 1 heterocycles. The van der Waals surface area contributed by atoms with E-state index in [0.717, 1.165) is 12.1 Å². The summed E-state index contributed by atoms with van der Waals surface area (Å²) in [5, 5.41) is 10.4. The van der Waals surface area contributed by atoms with Crippen LogP contribution in [-0.4, -0.2) is 35.0 Å². The number of methoxy groups -OCH3 is 1. The van der Waals surface area contributed by atoms with Crippen molar-refractivity contribution in [3.8, 4) is 11.5 Å². The van der Waals surface area contributed by atoms with Crippen LogP contribution in [0.15, 0.2) is 42.5 Å². The monoisotopic (exact) mass is 421 g/mol. The normalized spacial score (nSPS) is 12.6. The number of alkyl halides is 3. The van der Waals surface area contributed by atoms with Crippen LogP contribution in [0.1, 0.15) is 34.5 Å². The molecule has 0 fully saturated rings. The molecule has 1 N–H and O–H groups in total. The van der Waals surface area contributed by atoms with Crippen LogP contribution in [0.4, 0.5) is 13.2 Å². The van der Waals surface area contributed by atoms with Gasteiger partial charge in [0.2, 0.25) is 0 Å². The first-order chi connectivity index (χ1) is 14.0. The third-order valence-electron chi connectivity index (χ3n) is 4.76. The Morgan fingerprint density at radius 2 is 1.73 bits per heavy atom. The number of esters is 1. The Morgan fingerprint density at radius 1 is 1.10 bits per heavy atom. The van der Waals surface area contributed by atoms with E-state index in [0.29, 0.717) is 22.2 Å². The van der Waals surface area contributed by atoms with Crippen LogP contribution in [0.2, 0.25) is 0 Å². The molecule has 6 nitrogen and oxygen atoms in total. The Balaban J connectivity index is 2.11. The summed E-state index contributed by atoms with van der Waals surface area (Å²) in [6.07, 6.45) is -4.83. The number of rotatable bonds is 4. The van der Waals surface area contributed by atoms with E-state index in [2.05, 4.69) is 4.74 Å². The molecule has 0 saturated carbocycles. The number of phenolic OH excluding ortho intramolecular Hbond substituents is 1. The van der Waals surface area contributed by atoms with E-state index in [1.807, 2.05) is 0 Å². The van der Waals surface area contributed by atoms with Gasteiger partial charge in [0.15, 0.2) is 0 Å². The molecule has 0 aliphatic carbocycles. The van der Waals surface area contributed by atoms with E-state index < -0.39 is 29.9 Å². The summed E-state index contributed by atoms with van der Waals surface area (Å²) in [4.78, 5) is 25.3. The van der Waals surface area contributed by atoms with Gasteiger partial charge in [0.1, 0.15) is 11.5 Å². The fourth-order valence-corrected chi connectivity index (χ4v) is 3.46. The molecule has 1 aromatic heterocycles. The number of halogens is 3. The number of aromatic nitrogens is 1. The molecular weight excluding hydrogens is 403 g/mol. The highest BCUT2D eigenvalue weighted by Gasteiger charge is 2.31. The van der Waals surface area contributed by atoms with Crippen molar-refractivity contribution in [1.82, 2.24) is 4.57 Å². The minimum Gasteiger partial charge on any atom is -0.508 e. The zero-order valence-corrected chi connectivity index (χ0v) is 16.3. The van der Waals surface area contributed by atoms with Crippen molar-refractivity contribution >= 4 is 22.8 Å². The lowest BCUT2D eigenvalue weighted by Crippen LogP contribution is -2.18. The van der Waals surface area contributed by atoms with Crippen molar-refractivity contribution in [3.63, 3.8) is 0 Å². The first-order valence-electron chi connectivity index (χ1n) is 8.85. The number of ether oxygens (including phenoxy) is 2. The molecular formula is C21H18F3NO5. The smallest absolute Gasteiger partial charge is 0.508 e. The van der Waals surface area contributed by atoms with Crippen molar-refractivity contribution in [3.05, 3.63) is 59.3 Å². The molecule has 0 saturated heterocycles. The molecule has 3 aromatic rings. The summed E-state index contributed by atoms with van der Waals surface area (Å²) in [6.45, 7) is 3.26. The van der Waals surface area contributed by atoms with Gasteiger partial charge in [-0.3, -0.25) is 14.2 Å². The van der Waals surface area contributed by atoms with Crippen molar-refractivity contribution in [1.29, 1.82) is 0 Å². The molecule has 158 valence electrons. The molecule has 1 atom stereocenters. The molecule has 0 aliphatic rings. The Morgan fingerprint density at radius 3 is 2.30 bits per heavy atom. The topological polar surface area (TPSA) is 77.8 Å². The van der Waals surface area contributed by atoms with Crippen LogP contribution in [0, 0.1) is 6.92 Å². The zero-order valence-electron chi connectivity index (χ0n) is 16.3. The van der Waals surface area contributed by atoms with Gasteiger partial charge >= 0.3 is 12.3 Å². The summed E-state index contributed by atoms with van der Waals surface area (Å²) in [5.41, 5.74) is 1.53. The van der Waals surface area contributed by atoms with Gasteiger partial charge in [-0.2, -0.15) is 0 Å². The van der Waals surface area contributed by atoms with Gasteiger partial charge in [-0.1, -0.05) is 0 Å². The van der Waals surface area contributed by atoms with Gasteiger partial charge in [-0.15, -0.1) is 13.2 Å². The van der Waals surface area contributed by atoms with Gasteiger partial charge in [-0.25, -0.2) is 0 Å². The number of carbonyl (C=O) groups is 2.